The SMILES string of the molecule is CCCOCC(NCC)C1(c2ccccc2)CCOCC1. The highest BCUT2D eigenvalue weighted by molar-refractivity contribution is 5.28. The van der Waals surface area contributed by atoms with E-state index in [2.05, 4.69) is 49.5 Å². The Morgan fingerprint density at radius 2 is 1.90 bits per heavy atom. The van der Waals surface area contributed by atoms with Gasteiger partial charge in [0.2, 0.25) is 0 Å². The van der Waals surface area contributed by atoms with E-state index in [9.17, 15) is 0 Å². The van der Waals surface area contributed by atoms with E-state index in [1.165, 1.54) is 5.56 Å². The fourth-order valence-corrected chi connectivity index (χ4v) is 3.35. The van der Waals surface area contributed by atoms with Crippen molar-refractivity contribution in [1.82, 2.24) is 5.32 Å². The Morgan fingerprint density at radius 3 is 2.52 bits per heavy atom. The highest BCUT2D eigenvalue weighted by Crippen LogP contribution is 2.38. The van der Waals surface area contributed by atoms with Crippen LogP contribution < -0.4 is 5.32 Å². The van der Waals surface area contributed by atoms with Gasteiger partial charge in [0, 0.05) is 31.3 Å². The zero-order chi connectivity index (χ0) is 15.0. The van der Waals surface area contributed by atoms with Crippen LogP contribution in [0.2, 0.25) is 0 Å². The van der Waals surface area contributed by atoms with Crippen molar-refractivity contribution in [2.75, 3.05) is 33.0 Å². The molecule has 0 amide bonds. The van der Waals surface area contributed by atoms with Gasteiger partial charge in [-0.15, -0.1) is 0 Å². The summed E-state index contributed by atoms with van der Waals surface area (Å²) in [6.45, 7) is 8.58. The lowest BCUT2D eigenvalue weighted by Gasteiger charge is -2.44. The second kappa shape index (κ2) is 8.52. The van der Waals surface area contributed by atoms with Crippen LogP contribution in [0.5, 0.6) is 0 Å². The molecule has 1 saturated heterocycles. The Hall–Kier alpha value is -0.900. The molecule has 1 aliphatic heterocycles. The minimum absolute atomic E-state index is 0.128. The maximum Gasteiger partial charge on any atom is 0.0628 e. The number of nitrogens with one attached hydrogen (secondary N) is 1. The molecule has 0 saturated carbocycles. The van der Waals surface area contributed by atoms with Gasteiger partial charge in [-0.25, -0.2) is 0 Å². The molecule has 1 aromatic carbocycles. The molecular weight excluding hydrogens is 262 g/mol. The van der Waals surface area contributed by atoms with Crippen LogP contribution in [0.25, 0.3) is 0 Å². The highest BCUT2D eigenvalue weighted by atomic mass is 16.5. The van der Waals surface area contributed by atoms with Gasteiger partial charge in [0.15, 0.2) is 0 Å². The standard InChI is InChI=1S/C18H29NO2/c1-3-12-21-15-17(19-4-2)18(10-13-20-14-11-18)16-8-6-5-7-9-16/h5-9,17,19H,3-4,10-15H2,1-2H3. The molecule has 1 atom stereocenters. The molecule has 118 valence electrons. The van der Waals surface area contributed by atoms with E-state index in [1.807, 2.05) is 0 Å². The average molecular weight is 291 g/mol. The Labute approximate surface area is 129 Å². The van der Waals surface area contributed by atoms with Crippen LogP contribution in [0.1, 0.15) is 38.7 Å². The Balaban J connectivity index is 2.23. The maximum atomic E-state index is 5.89. The van der Waals surface area contributed by atoms with Gasteiger partial charge in [-0.05, 0) is 31.4 Å². The molecule has 0 radical (unpaired) electrons. The van der Waals surface area contributed by atoms with Gasteiger partial charge >= 0.3 is 0 Å². The summed E-state index contributed by atoms with van der Waals surface area (Å²) in [5, 5.41) is 3.67. The molecule has 0 aromatic heterocycles. The molecule has 0 spiro atoms. The van der Waals surface area contributed by atoms with Crippen LogP contribution in [0.3, 0.4) is 0 Å². The van der Waals surface area contributed by atoms with E-state index in [4.69, 9.17) is 9.47 Å². The normalized spacial score (nSPS) is 19.3. The summed E-state index contributed by atoms with van der Waals surface area (Å²) >= 11 is 0. The fraction of sp³-hybridized carbons (Fsp3) is 0.667. The minimum Gasteiger partial charge on any atom is -0.381 e. The van der Waals surface area contributed by atoms with Gasteiger partial charge < -0.3 is 14.8 Å². The van der Waals surface area contributed by atoms with Gasteiger partial charge in [0.1, 0.15) is 0 Å². The van der Waals surface area contributed by atoms with E-state index in [0.717, 1.165) is 52.2 Å². The third-order valence-corrected chi connectivity index (χ3v) is 4.48. The van der Waals surface area contributed by atoms with Crippen molar-refractivity contribution in [3.05, 3.63) is 35.9 Å². The molecule has 2 rings (SSSR count). The van der Waals surface area contributed by atoms with Crippen molar-refractivity contribution in [2.45, 2.75) is 44.6 Å². The summed E-state index contributed by atoms with van der Waals surface area (Å²) in [6.07, 6.45) is 3.19. The molecular formula is C18H29NO2. The first-order valence-electron chi connectivity index (χ1n) is 8.28. The lowest BCUT2D eigenvalue weighted by molar-refractivity contribution is 0.0102. The molecule has 21 heavy (non-hydrogen) atoms. The predicted molar refractivity (Wildman–Crippen MR) is 86.7 cm³/mol. The molecule has 3 heteroatoms. The Morgan fingerprint density at radius 1 is 1.19 bits per heavy atom. The predicted octanol–water partition coefficient (Wildman–Crippen LogP) is 3.14. The smallest absolute Gasteiger partial charge is 0.0628 e. The zero-order valence-corrected chi connectivity index (χ0v) is 13.4. The number of rotatable bonds is 8. The van der Waals surface area contributed by atoms with Crippen LogP contribution in [-0.4, -0.2) is 39.0 Å². The number of hydrogen-bond donors (Lipinski definition) is 1. The van der Waals surface area contributed by atoms with Crippen molar-refractivity contribution in [1.29, 1.82) is 0 Å². The van der Waals surface area contributed by atoms with E-state index in [0.29, 0.717) is 6.04 Å². The van der Waals surface area contributed by atoms with E-state index in [1.54, 1.807) is 0 Å². The molecule has 1 N–H and O–H groups in total. The molecule has 3 nitrogen and oxygen atoms in total. The van der Waals surface area contributed by atoms with Crippen LogP contribution >= 0.6 is 0 Å². The molecule has 1 heterocycles. The topological polar surface area (TPSA) is 30.5 Å². The van der Waals surface area contributed by atoms with Crippen molar-refractivity contribution >= 4 is 0 Å². The second-order valence-corrected chi connectivity index (χ2v) is 5.82. The molecule has 1 fully saturated rings. The zero-order valence-electron chi connectivity index (χ0n) is 13.4. The Bertz CT molecular complexity index is 387. The molecule has 1 aromatic rings. The molecule has 0 aliphatic carbocycles. The van der Waals surface area contributed by atoms with Crippen molar-refractivity contribution < 1.29 is 9.47 Å². The summed E-state index contributed by atoms with van der Waals surface area (Å²) in [5.41, 5.74) is 1.54. The number of likely N-dealkylation sites (N-methyl/N-ethyl adjacent to an activating group) is 1. The summed E-state index contributed by atoms with van der Waals surface area (Å²) in [6, 6.07) is 11.2. The molecule has 1 unspecified atom stereocenters. The number of benzene rings is 1. The van der Waals surface area contributed by atoms with Gasteiger partial charge in [-0.3, -0.25) is 0 Å². The maximum absolute atomic E-state index is 5.89. The van der Waals surface area contributed by atoms with E-state index >= 15 is 0 Å². The van der Waals surface area contributed by atoms with Crippen LogP contribution in [0, 0.1) is 0 Å². The molecule has 0 bridgehead atoms. The first kappa shape index (κ1) is 16.5. The number of hydrogen-bond acceptors (Lipinski definition) is 3. The third-order valence-electron chi connectivity index (χ3n) is 4.48. The van der Waals surface area contributed by atoms with Gasteiger partial charge in [0.05, 0.1) is 6.61 Å². The number of ether oxygens (including phenoxy) is 2. The highest BCUT2D eigenvalue weighted by Gasteiger charge is 2.41. The summed E-state index contributed by atoms with van der Waals surface area (Å²) in [7, 11) is 0. The summed E-state index contributed by atoms with van der Waals surface area (Å²) in [5.74, 6) is 0. The first-order chi connectivity index (χ1) is 10.3. The monoisotopic (exact) mass is 291 g/mol. The summed E-state index contributed by atoms with van der Waals surface area (Å²) < 4.78 is 11.5. The van der Waals surface area contributed by atoms with Crippen molar-refractivity contribution in [3.8, 4) is 0 Å². The van der Waals surface area contributed by atoms with Gasteiger partial charge in [-0.1, -0.05) is 44.2 Å². The van der Waals surface area contributed by atoms with E-state index in [-0.39, 0.29) is 5.41 Å². The fourth-order valence-electron chi connectivity index (χ4n) is 3.35. The van der Waals surface area contributed by atoms with Crippen LogP contribution in [-0.2, 0) is 14.9 Å². The second-order valence-electron chi connectivity index (χ2n) is 5.82. The Kier molecular flexibility index (Phi) is 6.68. The lowest BCUT2D eigenvalue weighted by Crippen LogP contribution is -2.54. The van der Waals surface area contributed by atoms with Crippen LogP contribution in [0.15, 0.2) is 30.3 Å². The summed E-state index contributed by atoms with van der Waals surface area (Å²) in [4.78, 5) is 0. The van der Waals surface area contributed by atoms with Crippen LogP contribution in [0.4, 0.5) is 0 Å². The molecule has 1 aliphatic rings. The average Bonchev–Trinajstić information content (AvgIpc) is 2.56. The lowest BCUT2D eigenvalue weighted by atomic mass is 9.69. The van der Waals surface area contributed by atoms with Gasteiger partial charge in [0.25, 0.3) is 0 Å². The van der Waals surface area contributed by atoms with Crippen molar-refractivity contribution in [3.63, 3.8) is 0 Å². The minimum atomic E-state index is 0.128. The first-order valence-corrected chi connectivity index (χ1v) is 8.28. The van der Waals surface area contributed by atoms with E-state index < -0.39 is 0 Å². The largest absolute Gasteiger partial charge is 0.381 e. The van der Waals surface area contributed by atoms with Crippen molar-refractivity contribution in [2.24, 2.45) is 0 Å². The van der Waals surface area contributed by atoms with Gasteiger partial charge in [-0.2, -0.15) is 0 Å². The third kappa shape index (κ3) is 4.06. The quantitative estimate of drug-likeness (QED) is 0.746.